The first-order valence-corrected chi connectivity index (χ1v) is 5.46. The normalized spacial score (nSPS) is 26.9. The Labute approximate surface area is 90.3 Å². The second-order valence-corrected chi connectivity index (χ2v) is 4.29. The van der Waals surface area contributed by atoms with Gasteiger partial charge in [0.05, 0.1) is 12.0 Å². The van der Waals surface area contributed by atoms with Crippen LogP contribution in [0.3, 0.4) is 0 Å². The second kappa shape index (κ2) is 4.05. The molecule has 2 heteroatoms. The zero-order valence-corrected chi connectivity index (χ0v) is 9.03. The summed E-state index contributed by atoms with van der Waals surface area (Å²) >= 11 is 0. The lowest BCUT2D eigenvalue weighted by atomic mass is 9.79. The fourth-order valence-electron chi connectivity index (χ4n) is 2.08. The summed E-state index contributed by atoms with van der Waals surface area (Å²) in [5.74, 6) is -0.0776. The van der Waals surface area contributed by atoms with Crippen molar-refractivity contribution in [2.75, 3.05) is 6.61 Å². The lowest BCUT2D eigenvalue weighted by Crippen LogP contribution is -2.32. The van der Waals surface area contributed by atoms with Crippen LogP contribution in [0.4, 0.5) is 0 Å². The number of hydrogen-bond donors (Lipinski definition) is 0. The van der Waals surface area contributed by atoms with Crippen molar-refractivity contribution in [2.45, 2.75) is 31.6 Å². The molecule has 1 aromatic carbocycles. The fraction of sp³-hybridized carbons (Fsp3) is 0.462. The molecular weight excluding hydrogens is 188 g/mol. The Kier molecular flexibility index (Phi) is 2.76. The molecule has 1 fully saturated rings. The molecule has 1 saturated heterocycles. The molecule has 1 heterocycles. The fourth-order valence-corrected chi connectivity index (χ4v) is 2.08. The molecule has 1 aliphatic rings. The number of carbonyl (C=O) groups excluding carboxylic acids is 1. The third-order valence-corrected chi connectivity index (χ3v) is 3.17. The molecule has 0 amide bonds. The van der Waals surface area contributed by atoms with E-state index in [1.165, 1.54) is 0 Å². The van der Waals surface area contributed by atoms with Crippen LogP contribution in [0, 0.1) is 0 Å². The molecule has 0 aromatic heterocycles. The number of cyclic esters (lactones) is 1. The van der Waals surface area contributed by atoms with E-state index in [9.17, 15) is 4.79 Å². The predicted octanol–water partition coefficient (Wildman–Crippen LogP) is 2.67. The first-order valence-electron chi connectivity index (χ1n) is 5.46. The van der Waals surface area contributed by atoms with Gasteiger partial charge in [-0.05, 0) is 31.7 Å². The molecule has 0 radical (unpaired) electrons. The van der Waals surface area contributed by atoms with E-state index in [1.54, 1.807) is 0 Å². The summed E-state index contributed by atoms with van der Waals surface area (Å²) in [5, 5.41) is 0. The van der Waals surface area contributed by atoms with Crippen molar-refractivity contribution in [1.82, 2.24) is 0 Å². The highest BCUT2D eigenvalue weighted by molar-refractivity contribution is 5.82. The van der Waals surface area contributed by atoms with Crippen LogP contribution in [-0.2, 0) is 14.9 Å². The van der Waals surface area contributed by atoms with Crippen molar-refractivity contribution in [3.05, 3.63) is 35.9 Å². The van der Waals surface area contributed by atoms with E-state index in [2.05, 4.69) is 0 Å². The maximum atomic E-state index is 11.9. The number of ether oxygens (including phenoxy) is 1. The van der Waals surface area contributed by atoms with Crippen LogP contribution < -0.4 is 0 Å². The molecule has 2 nitrogen and oxygen atoms in total. The number of esters is 1. The Morgan fingerprint density at radius 1 is 1.20 bits per heavy atom. The zero-order chi connectivity index (χ0) is 10.7. The third kappa shape index (κ3) is 1.89. The average molecular weight is 204 g/mol. The number of benzene rings is 1. The predicted molar refractivity (Wildman–Crippen MR) is 58.6 cm³/mol. The van der Waals surface area contributed by atoms with Gasteiger partial charge in [0.15, 0.2) is 0 Å². The SMILES string of the molecule is CC1(c2ccccc2)CCCCOC1=O. The molecule has 1 atom stereocenters. The highest BCUT2D eigenvalue weighted by Crippen LogP contribution is 2.32. The van der Waals surface area contributed by atoms with Gasteiger partial charge in [-0.3, -0.25) is 4.79 Å². The summed E-state index contributed by atoms with van der Waals surface area (Å²) in [5.41, 5.74) is 0.620. The average Bonchev–Trinajstić information content (AvgIpc) is 2.44. The summed E-state index contributed by atoms with van der Waals surface area (Å²) < 4.78 is 5.23. The van der Waals surface area contributed by atoms with Crippen LogP contribution in [0.15, 0.2) is 30.3 Å². The molecule has 0 bridgehead atoms. The zero-order valence-electron chi connectivity index (χ0n) is 9.03. The topological polar surface area (TPSA) is 26.3 Å². The van der Waals surface area contributed by atoms with E-state index >= 15 is 0 Å². The summed E-state index contributed by atoms with van der Waals surface area (Å²) in [7, 11) is 0. The molecular formula is C13H16O2. The van der Waals surface area contributed by atoms with Crippen molar-refractivity contribution in [3.63, 3.8) is 0 Å². The minimum Gasteiger partial charge on any atom is -0.465 e. The van der Waals surface area contributed by atoms with Gasteiger partial charge in [-0.15, -0.1) is 0 Å². The van der Waals surface area contributed by atoms with Crippen LogP contribution in [0.1, 0.15) is 31.7 Å². The molecule has 0 N–H and O–H groups in total. The van der Waals surface area contributed by atoms with Crippen LogP contribution >= 0.6 is 0 Å². The maximum absolute atomic E-state index is 11.9. The molecule has 2 rings (SSSR count). The van der Waals surface area contributed by atoms with Crippen molar-refractivity contribution in [2.24, 2.45) is 0 Å². The van der Waals surface area contributed by atoms with Gasteiger partial charge in [-0.2, -0.15) is 0 Å². The lowest BCUT2D eigenvalue weighted by Gasteiger charge is -2.25. The van der Waals surface area contributed by atoms with Crippen molar-refractivity contribution >= 4 is 5.97 Å². The first kappa shape index (κ1) is 10.2. The van der Waals surface area contributed by atoms with E-state index < -0.39 is 5.41 Å². The molecule has 1 aromatic rings. The van der Waals surface area contributed by atoms with Gasteiger partial charge in [0, 0.05) is 0 Å². The molecule has 1 aliphatic heterocycles. The summed E-state index contributed by atoms with van der Waals surface area (Å²) in [6, 6.07) is 9.92. The van der Waals surface area contributed by atoms with E-state index in [1.807, 2.05) is 37.3 Å². The van der Waals surface area contributed by atoms with Crippen LogP contribution in [0.25, 0.3) is 0 Å². The highest BCUT2D eigenvalue weighted by atomic mass is 16.5. The Balaban J connectivity index is 2.34. The number of carbonyl (C=O) groups is 1. The smallest absolute Gasteiger partial charge is 0.316 e. The van der Waals surface area contributed by atoms with Gasteiger partial charge in [0.25, 0.3) is 0 Å². The molecule has 80 valence electrons. The lowest BCUT2D eigenvalue weighted by molar-refractivity contribution is -0.148. The van der Waals surface area contributed by atoms with E-state index in [-0.39, 0.29) is 5.97 Å². The Morgan fingerprint density at radius 2 is 1.93 bits per heavy atom. The largest absolute Gasteiger partial charge is 0.465 e. The first-order chi connectivity index (χ1) is 7.23. The van der Waals surface area contributed by atoms with Crippen LogP contribution in [0.5, 0.6) is 0 Å². The van der Waals surface area contributed by atoms with Gasteiger partial charge in [-0.25, -0.2) is 0 Å². The second-order valence-electron chi connectivity index (χ2n) is 4.29. The van der Waals surface area contributed by atoms with Crippen molar-refractivity contribution < 1.29 is 9.53 Å². The van der Waals surface area contributed by atoms with Crippen LogP contribution in [0.2, 0.25) is 0 Å². The van der Waals surface area contributed by atoms with Crippen LogP contribution in [-0.4, -0.2) is 12.6 Å². The Hall–Kier alpha value is -1.31. The standard InChI is InChI=1S/C13H16O2/c1-13(11-7-3-2-4-8-11)9-5-6-10-15-12(13)14/h2-4,7-8H,5-6,9-10H2,1H3. The molecule has 0 saturated carbocycles. The van der Waals surface area contributed by atoms with Gasteiger partial charge >= 0.3 is 5.97 Å². The molecule has 1 unspecified atom stereocenters. The summed E-state index contributed by atoms with van der Waals surface area (Å²) in [4.78, 5) is 11.9. The maximum Gasteiger partial charge on any atom is 0.316 e. The van der Waals surface area contributed by atoms with E-state index in [0.717, 1.165) is 24.8 Å². The Morgan fingerprint density at radius 3 is 2.67 bits per heavy atom. The summed E-state index contributed by atoms with van der Waals surface area (Å²) in [6.07, 6.45) is 2.92. The number of rotatable bonds is 1. The molecule has 15 heavy (non-hydrogen) atoms. The summed E-state index contributed by atoms with van der Waals surface area (Å²) in [6.45, 7) is 2.55. The molecule has 0 spiro atoms. The highest BCUT2D eigenvalue weighted by Gasteiger charge is 2.37. The minimum absolute atomic E-state index is 0.0776. The van der Waals surface area contributed by atoms with E-state index in [4.69, 9.17) is 4.74 Å². The van der Waals surface area contributed by atoms with Gasteiger partial charge in [0.2, 0.25) is 0 Å². The molecule has 0 aliphatic carbocycles. The van der Waals surface area contributed by atoms with Gasteiger partial charge in [0.1, 0.15) is 0 Å². The monoisotopic (exact) mass is 204 g/mol. The Bertz CT molecular complexity index is 345. The van der Waals surface area contributed by atoms with Crippen molar-refractivity contribution in [1.29, 1.82) is 0 Å². The van der Waals surface area contributed by atoms with E-state index in [0.29, 0.717) is 6.61 Å². The quantitative estimate of drug-likeness (QED) is 0.657. The van der Waals surface area contributed by atoms with Gasteiger partial charge in [-0.1, -0.05) is 30.3 Å². The number of hydrogen-bond acceptors (Lipinski definition) is 2. The minimum atomic E-state index is -0.447. The van der Waals surface area contributed by atoms with Gasteiger partial charge < -0.3 is 4.74 Å². The third-order valence-electron chi connectivity index (χ3n) is 3.17. The van der Waals surface area contributed by atoms with Crippen molar-refractivity contribution in [3.8, 4) is 0 Å².